The van der Waals surface area contributed by atoms with Gasteiger partial charge in [0.1, 0.15) is 5.78 Å². The lowest BCUT2D eigenvalue weighted by atomic mass is 10.0. The van der Waals surface area contributed by atoms with Gasteiger partial charge in [0.05, 0.1) is 0 Å². The molecular formula is C13H22O4. The van der Waals surface area contributed by atoms with Crippen molar-refractivity contribution in [2.45, 2.75) is 51.9 Å². The van der Waals surface area contributed by atoms with E-state index in [1.165, 1.54) is 0 Å². The van der Waals surface area contributed by atoms with Crippen LogP contribution in [0, 0.1) is 0 Å². The number of rotatable bonds is 11. The first-order valence-electron chi connectivity index (χ1n) is 6.18. The van der Waals surface area contributed by atoms with Crippen molar-refractivity contribution in [3.63, 3.8) is 0 Å². The van der Waals surface area contributed by atoms with E-state index in [2.05, 4.69) is 0 Å². The summed E-state index contributed by atoms with van der Waals surface area (Å²) in [5, 5.41) is 0. The number of ether oxygens (including phenoxy) is 1. The molecule has 0 aromatic rings. The lowest BCUT2D eigenvalue weighted by molar-refractivity contribution is -0.136. The second-order valence-electron chi connectivity index (χ2n) is 4.08. The quantitative estimate of drug-likeness (QED) is 0.411. The van der Waals surface area contributed by atoms with Crippen LogP contribution in [-0.4, -0.2) is 31.1 Å². The van der Waals surface area contributed by atoms with Crippen molar-refractivity contribution in [2.24, 2.45) is 0 Å². The fourth-order valence-corrected chi connectivity index (χ4v) is 1.51. The number of ketones is 3. The van der Waals surface area contributed by atoms with Crippen LogP contribution in [0.15, 0.2) is 0 Å². The van der Waals surface area contributed by atoms with Crippen LogP contribution in [0.5, 0.6) is 0 Å². The third-order valence-corrected chi connectivity index (χ3v) is 2.45. The van der Waals surface area contributed by atoms with Crippen LogP contribution in [0.3, 0.4) is 0 Å². The molecule has 0 spiro atoms. The Morgan fingerprint density at radius 1 is 0.882 bits per heavy atom. The SMILES string of the molecule is CCCC(=O)CCCC(=O)C(=O)CCCOC. The maximum absolute atomic E-state index is 11.4. The van der Waals surface area contributed by atoms with Gasteiger partial charge >= 0.3 is 0 Å². The van der Waals surface area contributed by atoms with Crippen LogP contribution in [0.25, 0.3) is 0 Å². The van der Waals surface area contributed by atoms with Crippen LogP contribution in [0.1, 0.15) is 51.9 Å². The van der Waals surface area contributed by atoms with Crippen LogP contribution in [-0.2, 0) is 19.1 Å². The van der Waals surface area contributed by atoms with Gasteiger partial charge < -0.3 is 4.74 Å². The monoisotopic (exact) mass is 242 g/mol. The molecule has 0 radical (unpaired) electrons. The van der Waals surface area contributed by atoms with Gasteiger partial charge in [-0.05, 0) is 19.3 Å². The zero-order valence-corrected chi connectivity index (χ0v) is 10.8. The average molecular weight is 242 g/mol. The predicted octanol–water partition coefficient (Wildman–Crippen LogP) is 2.09. The second kappa shape index (κ2) is 10.1. The van der Waals surface area contributed by atoms with Crippen molar-refractivity contribution in [3.05, 3.63) is 0 Å². The summed E-state index contributed by atoms with van der Waals surface area (Å²) in [5.41, 5.74) is 0. The molecule has 0 aromatic carbocycles. The molecule has 0 aromatic heterocycles. The smallest absolute Gasteiger partial charge is 0.198 e. The Morgan fingerprint density at radius 3 is 2.00 bits per heavy atom. The van der Waals surface area contributed by atoms with Crippen LogP contribution >= 0.6 is 0 Å². The largest absolute Gasteiger partial charge is 0.385 e. The van der Waals surface area contributed by atoms with E-state index in [1.807, 2.05) is 6.92 Å². The van der Waals surface area contributed by atoms with E-state index in [0.717, 1.165) is 6.42 Å². The first kappa shape index (κ1) is 16.0. The Morgan fingerprint density at radius 2 is 1.47 bits per heavy atom. The first-order valence-corrected chi connectivity index (χ1v) is 6.18. The molecule has 0 rings (SSSR count). The van der Waals surface area contributed by atoms with Crippen LogP contribution in [0.2, 0.25) is 0 Å². The highest BCUT2D eigenvalue weighted by molar-refractivity contribution is 6.37. The van der Waals surface area contributed by atoms with E-state index in [-0.39, 0.29) is 30.2 Å². The molecule has 0 saturated carbocycles. The van der Waals surface area contributed by atoms with Gasteiger partial charge in [-0.1, -0.05) is 6.92 Å². The lowest BCUT2D eigenvalue weighted by Gasteiger charge is -2.00. The van der Waals surface area contributed by atoms with Crippen LogP contribution < -0.4 is 0 Å². The highest BCUT2D eigenvalue weighted by Crippen LogP contribution is 2.04. The summed E-state index contributed by atoms with van der Waals surface area (Å²) in [6.45, 7) is 2.44. The summed E-state index contributed by atoms with van der Waals surface area (Å²) >= 11 is 0. The molecule has 0 bridgehead atoms. The number of carbonyl (C=O) groups is 3. The molecule has 0 aliphatic heterocycles. The molecule has 0 unspecified atom stereocenters. The third-order valence-electron chi connectivity index (χ3n) is 2.45. The summed E-state index contributed by atoms with van der Waals surface area (Å²) in [4.78, 5) is 33.9. The minimum absolute atomic E-state index is 0.173. The standard InChI is InChI=1S/C13H22O4/c1-3-6-11(14)7-4-8-12(15)13(16)9-5-10-17-2/h3-10H2,1-2H3. The fourth-order valence-electron chi connectivity index (χ4n) is 1.51. The van der Waals surface area contributed by atoms with Crippen molar-refractivity contribution in [3.8, 4) is 0 Å². The molecule has 0 fully saturated rings. The van der Waals surface area contributed by atoms with Gasteiger partial charge in [0.25, 0.3) is 0 Å². The maximum Gasteiger partial charge on any atom is 0.198 e. The first-order chi connectivity index (χ1) is 8.11. The highest BCUT2D eigenvalue weighted by atomic mass is 16.5. The molecule has 0 heterocycles. The molecule has 17 heavy (non-hydrogen) atoms. The number of carbonyl (C=O) groups excluding carboxylic acids is 3. The summed E-state index contributed by atoms with van der Waals surface area (Å²) in [5.74, 6) is -0.525. The number of methoxy groups -OCH3 is 1. The molecule has 98 valence electrons. The maximum atomic E-state index is 11.4. The van der Waals surface area contributed by atoms with Gasteiger partial charge in [-0.2, -0.15) is 0 Å². The van der Waals surface area contributed by atoms with Gasteiger partial charge in [0.15, 0.2) is 11.6 Å². The molecule has 4 nitrogen and oxygen atoms in total. The second-order valence-corrected chi connectivity index (χ2v) is 4.08. The van der Waals surface area contributed by atoms with Crippen molar-refractivity contribution in [2.75, 3.05) is 13.7 Å². The van der Waals surface area contributed by atoms with Crippen molar-refractivity contribution >= 4 is 17.3 Å². The molecule has 0 N–H and O–H groups in total. The van der Waals surface area contributed by atoms with Gasteiger partial charge in [0.2, 0.25) is 0 Å². The molecule has 0 amide bonds. The summed E-state index contributed by atoms with van der Waals surface area (Å²) in [6, 6.07) is 0. The van der Waals surface area contributed by atoms with E-state index in [0.29, 0.717) is 32.3 Å². The van der Waals surface area contributed by atoms with Crippen molar-refractivity contribution in [1.29, 1.82) is 0 Å². The zero-order valence-electron chi connectivity index (χ0n) is 10.8. The Labute approximate surface area is 103 Å². The predicted molar refractivity (Wildman–Crippen MR) is 64.9 cm³/mol. The van der Waals surface area contributed by atoms with Crippen molar-refractivity contribution in [1.82, 2.24) is 0 Å². The summed E-state index contributed by atoms with van der Waals surface area (Å²) < 4.78 is 4.80. The Balaban J connectivity index is 3.64. The molecule has 0 aliphatic rings. The highest BCUT2D eigenvalue weighted by Gasteiger charge is 2.13. The van der Waals surface area contributed by atoms with Gasteiger partial charge in [-0.15, -0.1) is 0 Å². The fraction of sp³-hybridized carbons (Fsp3) is 0.769. The molecule has 0 atom stereocenters. The van der Waals surface area contributed by atoms with E-state index in [4.69, 9.17) is 4.74 Å². The topological polar surface area (TPSA) is 60.4 Å². The normalized spacial score (nSPS) is 10.2. The van der Waals surface area contributed by atoms with E-state index >= 15 is 0 Å². The number of hydrogen-bond donors (Lipinski definition) is 0. The third kappa shape index (κ3) is 8.74. The number of Topliss-reactive ketones (excluding diaryl/α,β-unsaturated/α-hetero) is 3. The molecule has 4 heteroatoms. The minimum Gasteiger partial charge on any atom is -0.385 e. The van der Waals surface area contributed by atoms with Crippen LogP contribution in [0.4, 0.5) is 0 Å². The Hall–Kier alpha value is -1.03. The van der Waals surface area contributed by atoms with Gasteiger partial charge in [-0.25, -0.2) is 0 Å². The summed E-state index contributed by atoms with van der Waals surface area (Å²) in [6.07, 6.45) is 3.32. The Kier molecular flexibility index (Phi) is 9.53. The van der Waals surface area contributed by atoms with Gasteiger partial charge in [-0.3, -0.25) is 14.4 Å². The lowest BCUT2D eigenvalue weighted by Crippen LogP contribution is -2.14. The summed E-state index contributed by atoms with van der Waals surface area (Å²) in [7, 11) is 1.56. The molecule has 0 saturated heterocycles. The zero-order chi connectivity index (χ0) is 13.1. The van der Waals surface area contributed by atoms with Gasteiger partial charge in [0, 0.05) is 39.4 Å². The average Bonchev–Trinajstić information content (AvgIpc) is 2.29. The molecular weight excluding hydrogens is 220 g/mol. The van der Waals surface area contributed by atoms with E-state index < -0.39 is 0 Å². The molecule has 0 aliphatic carbocycles. The van der Waals surface area contributed by atoms with Crippen molar-refractivity contribution < 1.29 is 19.1 Å². The van der Waals surface area contributed by atoms with E-state index in [1.54, 1.807) is 7.11 Å². The van der Waals surface area contributed by atoms with E-state index in [9.17, 15) is 14.4 Å². The Bertz CT molecular complexity index is 258. The minimum atomic E-state index is -0.356. The number of hydrogen-bond acceptors (Lipinski definition) is 4.